The number of hydrogen-bond donors (Lipinski definition) is 0. The number of hydrogen-bond acceptors (Lipinski definition) is 2. The van der Waals surface area contributed by atoms with Crippen molar-refractivity contribution in [2.24, 2.45) is 0 Å². The van der Waals surface area contributed by atoms with E-state index in [2.05, 4.69) is 6.26 Å². The summed E-state index contributed by atoms with van der Waals surface area (Å²) in [7, 11) is 0. The molecule has 2 rings (SSSR count). The number of halogens is 1. The molecule has 0 bridgehead atoms. The first-order valence-corrected chi connectivity index (χ1v) is 5.44. The maximum atomic E-state index is 5.85. The topological polar surface area (TPSA) is 9.23 Å². The van der Waals surface area contributed by atoms with Crippen molar-refractivity contribution in [2.45, 2.75) is 11.9 Å². The molecule has 0 aromatic heterocycles. The highest BCUT2D eigenvalue weighted by Gasteiger charge is 2.21. The maximum absolute atomic E-state index is 5.85. The molecule has 0 aliphatic carbocycles. The summed E-state index contributed by atoms with van der Waals surface area (Å²) >= 11 is 7.58. The van der Waals surface area contributed by atoms with E-state index in [4.69, 9.17) is 16.3 Å². The fraction of sp³-hybridized carbons (Fsp3) is 0.333. The zero-order valence-corrected chi connectivity index (χ0v) is 8.28. The van der Waals surface area contributed by atoms with Gasteiger partial charge in [0.2, 0.25) is 0 Å². The van der Waals surface area contributed by atoms with E-state index in [1.165, 1.54) is 5.56 Å². The average Bonchev–Trinajstić information content (AvgIpc) is 2.46. The lowest BCUT2D eigenvalue weighted by Gasteiger charge is -2.04. The van der Waals surface area contributed by atoms with Gasteiger partial charge in [-0.2, -0.15) is 0 Å². The van der Waals surface area contributed by atoms with Crippen molar-refractivity contribution in [3.05, 3.63) is 28.8 Å². The minimum atomic E-state index is 0.276. The maximum Gasteiger partial charge on any atom is 0.148 e. The summed E-state index contributed by atoms with van der Waals surface area (Å²) in [6.45, 7) is 0. The average molecular weight is 201 g/mol. The molecule has 0 saturated carbocycles. The molecule has 0 N–H and O–H groups in total. The molecule has 1 atom stereocenters. The van der Waals surface area contributed by atoms with Gasteiger partial charge in [-0.05, 0) is 24.5 Å². The van der Waals surface area contributed by atoms with Crippen LogP contribution >= 0.6 is 23.4 Å². The highest BCUT2D eigenvalue weighted by Crippen LogP contribution is 2.33. The van der Waals surface area contributed by atoms with Gasteiger partial charge in [-0.15, -0.1) is 11.8 Å². The molecule has 0 amide bonds. The Hall–Kier alpha value is -0.340. The van der Waals surface area contributed by atoms with Gasteiger partial charge in [-0.25, -0.2) is 0 Å². The zero-order chi connectivity index (χ0) is 8.55. The molecule has 1 heterocycles. The lowest BCUT2D eigenvalue weighted by molar-refractivity contribution is 0.323. The molecule has 1 aromatic carbocycles. The van der Waals surface area contributed by atoms with Gasteiger partial charge < -0.3 is 4.74 Å². The Balaban J connectivity index is 2.30. The van der Waals surface area contributed by atoms with E-state index in [1.54, 1.807) is 11.8 Å². The monoisotopic (exact) mass is 200 g/mol. The SMILES string of the molecule is CSC1Cc2cc(Cl)ccc2O1. The molecule has 3 heteroatoms. The van der Waals surface area contributed by atoms with Crippen molar-refractivity contribution in [3.8, 4) is 5.75 Å². The highest BCUT2D eigenvalue weighted by atomic mass is 35.5. The fourth-order valence-corrected chi connectivity index (χ4v) is 2.06. The number of rotatable bonds is 1. The van der Waals surface area contributed by atoms with Gasteiger partial charge in [0.15, 0.2) is 0 Å². The van der Waals surface area contributed by atoms with Crippen molar-refractivity contribution in [1.29, 1.82) is 0 Å². The molecular weight excluding hydrogens is 192 g/mol. The molecule has 0 fully saturated rings. The van der Waals surface area contributed by atoms with Gasteiger partial charge >= 0.3 is 0 Å². The third-order valence-corrected chi connectivity index (χ3v) is 2.95. The Morgan fingerprint density at radius 3 is 3.17 bits per heavy atom. The van der Waals surface area contributed by atoms with Crippen LogP contribution in [0.4, 0.5) is 0 Å². The van der Waals surface area contributed by atoms with Crippen LogP contribution in [0.3, 0.4) is 0 Å². The molecule has 0 radical (unpaired) electrons. The van der Waals surface area contributed by atoms with E-state index in [1.807, 2.05) is 18.2 Å². The van der Waals surface area contributed by atoms with Crippen LogP contribution in [0.25, 0.3) is 0 Å². The molecule has 1 aromatic rings. The number of benzene rings is 1. The summed E-state index contributed by atoms with van der Waals surface area (Å²) in [6, 6.07) is 5.78. The van der Waals surface area contributed by atoms with Crippen LogP contribution in [0.2, 0.25) is 5.02 Å². The molecule has 1 aliphatic rings. The van der Waals surface area contributed by atoms with Crippen LogP contribution in [0.1, 0.15) is 5.56 Å². The Kier molecular flexibility index (Phi) is 2.20. The van der Waals surface area contributed by atoms with E-state index >= 15 is 0 Å². The summed E-state index contributed by atoms with van der Waals surface area (Å²) in [5.74, 6) is 0.985. The van der Waals surface area contributed by atoms with Crippen molar-refractivity contribution in [2.75, 3.05) is 6.26 Å². The first-order valence-electron chi connectivity index (χ1n) is 3.77. The molecule has 0 spiro atoms. The van der Waals surface area contributed by atoms with Gasteiger partial charge in [-0.1, -0.05) is 11.6 Å². The summed E-state index contributed by atoms with van der Waals surface area (Å²) < 4.78 is 5.62. The largest absolute Gasteiger partial charge is 0.479 e. The predicted octanol–water partition coefficient (Wildman–Crippen LogP) is 2.96. The Bertz CT molecular complexity index is 301. The van der Waals surface area contributed by atoms with E-state index < -0.39 is 0 Å². The smallest absolute Gasteiger partial charge is 0.148 e. The van der Waals surface area contributed by atoms with E-state index in [9.17, 15) is 0 Å². The lowest BCUT2D eigenvalue weighted by Crippen LogP contribution is -2.05. The van der Waals surface area contributed by atoms with Gasteiger partial charge in [0.1, 0.15) is 11.2 Å². The van der Waals surface area contributed by atoms with Crippen LogP contribution in [0.15, 0.2) is 18.2 Å². The van der Waals surface area contributed by atoms with E-state index in [0.29, 0.717) is 0 Å². The van der Waals surface area contributed by atoms with Crippen molar-refractivity contribution >= 4 is 23.4 Å². The standard InChI is InChI=1S/C9H9ClOS/c1-12-9-5-6-4-7(10)2-3-8(6)11-9/h2-4,9H,5H2,1H3. The van der Waals surface area contributed by atoms with Crippen molar-refractivity contribution in [3.63, 3.8) is 0 Å². The quantitative estimate of drug-likeness (QED) is 0.690. The first kappa shape index (κ1) is 8.27. The van der Waals surface area contributed by atoms with Gasteiger partial charge in [0, 0.05) is 17.0 Å². The summed E-state index contributed by atoms with van der Waals surface area (Å²) in [5.41, 5.74) is 1.50. The van der Waals surface area contributed by atoms with E-state index in [0.717, 1.165) is 17.2 Å². The van der Waals surface area contributed by atoms with Crippen LogP contribution in [0.5, 0.6) is 5.75 Å². The normalized spacial score (nSPS) is 20.3. The summed E-state index contributed by atoms with van der Waals surface area (Å²) in [4.78, 5) is 0. The van der Waals surface area contributed by atoms with Gasteiger partial charge in [0.25, 0.3) is 0 Å². The van der Waals surface area contributed by atoms with Crippen LogP contribution in [0, 0.1) is 0 Å². The minimum absolute atomic E-state index is 0.276. The lowest BCUT2D eigenvalue weighted by atomic mass is 10.2. The van der Waals surface area contributed by atoms with Crippen LogP contribution < -0.4 is 4.74 Å². The molecule has 64 valence electrons. The van der Waals surface area contributed by atoms with E-state index in [-0.39, 0.29) is 5.44 Å². The van der Waals surface area contributed by atoms with Crippen molar-refractivity contribution in [1.82, 2.24) is 0 Å². The third kappa shape index (κ3) is 1.41. The minimum Gasteiger partial charge on any atom is -0.479 e. The summed E-state index contributed by atoms with van der Waals surface area (Å²) in [6.07, 6.45) is 3.02. The number of thioether (sulfide) groups is 1. The molecular formula is C9H9ClOS. The second-order valence-electron chi connectivity index (χ2n) is 2.74. The van der Waals surface area contributed by atoms with Crippen molar-refractivity contribution < 1.29 is 4.74 Å². The Labute approximate surface area is 81.1 Å². The second kappa shape index (κ2) is 3.19. The van der Waals surface area contributed by atoms with Gasteiger partial charge in [-0.3, -0.25) is 0 Å². The highest BCUT2D eigenvalue weighted by molar-refractivity contribution is 7.99. The first-order chi connectivity index (χ1) is 5.79. The third-order valence-electron chi connectivity index (χ3n) is 1.93. The molecule has 0 saturated heterocycles. The fourth-order valence-electron chi connectivity index (χ4n) is 1.32. The van der Waals surface area contributed by atoms with Gasteiger partial charge in [0.05, 0.1) is 0 Å². The molecule has 1 unspecified atom stereocenters. The molecule has 12 heavy (non-hydrogen) atoms. The second-order valence-corrected chi connectivity index (χ2v) is 4.17. The molecule has 1 nitrogen and oxygen atoms in total. The van der Waals surface area contributed by atoms with Crippen LogP contribution in [-0.2, 0) is 6.42 Å². The molecule has 1 aliphatic heterocycles. The van der Waals surface area contributed by atoms with Crippen LogP contribution in [-0.4, -0.2) is 11.7 Å². The Morgan fingerprint density at radius 1 is 1.58 bits per heavy atom. The number of fused-ring (bicyclic) bond motifs is 1. The predicted molar refractivity (Wildman–Crippen MR) is 53.1 cm³/mol. The zero-order valence-electron chi connectivity index (χ0n) is 6.71. The number of ether oxygens (including phenoxy) is 1. The Morgan fingerprint density at radius 2 is 2.42 bits per heavy atom. The summed E-state index contributed by atoms with van der Waals surface area (Å²) in [5, 5.41) is 0.791.